The Hall–Kier alpha value is -2.19. The van der Waals surface area contributed by atoms with E-state index < -0.39 is 32.6 Å². The normalized spacial score (nSPS) is 15.2. The molecule has 180 valence electrons. The number of hydrogen-bond donors (Lipinski definition) is 2. The first-order chi connectivity index (χ1) is 15.7. The van der Waals surface area contributed by atoms with E-state index in [0.29, 0.717) is 25.0 Å². The van der Waals surface area contributed by atoms with Crippen molar-refractivity contribution in [3.05, 3.63) is 58.7 Å². The lowest BCUT2D eigenvalue weighted by Gasteiger charge is -2.25. The van der Waals surface area contributed by atoms with Gasteiger partial charge in [0, 0.05) is 6.42 Å². The van der Waals surface area contributed by atoms with Crippen molar-refractivity contribution in [3.63, 3.8) is 0 Å². The van der Waals surface area contributed by atoms with Crippen LogP contribution in [0.25, 0.3) is 0 Å². The monoisotopic (exact) mass is 485 g/mol. The average Bonchev–Trinajstić information content (AvgIpc) is 3.27. The summed E-state index contributed by atoms with van der Waals surface area (Å²) in [5.41, 5.74) is 6.58. The first kappa shape index (κ1) is 25.4. The SMILES string of the molecule is NC(CO)(CCc1ccc(OCCCc2ccc3c(c2)CCO3)c(C(F)(F)F)c1)COP=O. The second kappa shape index (κ2) is 11.3. The van der Waals surface area contributed by atoms with Crippen molar-refractivity contribution in [2.24, 2.45) is 5.73 Å². The molecule has 33 heavy (non-hydrogen) atoms. The van der Waals surface area contributed by atoms with Gasteiger partial charge in [0.15, 0.2) is 0 Å². The molecule has 0 aliphatic carbocycles. The number of aryl methyl sites for hydroxylation is 2. The number of nitrogens with two attached hydrogens (primary N) is 1. The molecule has 1 unspecified atom stereocenters. The van der Waals surface area contributed by atoms with Crippen LogP contribution in [0.5, 0.6) is 11.5 Å². The van der Waals surface area contributed by atoms with Crippen LogP contribution in [-0.4, -0.2) is 37.1 Å². The number of fused-ring (bicyclic) bond motifs is 1. The highest BCUT2D eigenvalue weighted by Crippen LogP contribution is 2.37. The molecule has 0 fully saturated rings. The van der Waals surface area contributed by atoms with E-state index in [-0.39, 0.29) is 31.8 Å². The third kappa shape index (κ3) is 7.14. The summed E-state index contributed by atoms with van der Waals surface area (Å²) in [6, 6.07) is 9.87. The lowest BCUT2D eigenvalue weighted by atomic mass is 9.93. The van der Waals surface area contributed by atoms with E-state index in [1.165, 1.54) is 6.07 Å². The minimum atomic E-state index is -4.58. The average molecular weight is 485 g/mol. The van der Waals surface area contributed by atoms with Crippen LogP contribution in [0.4, 0.5) is 13.2 Å². The molecule has 1 atom stereocenters. The number of halogens is 3. The van der Waals surface area contributed by atoms with E-state index in [4.69, 9.17) is 19.7 Å². The number of rotatable bonds is 12. The topological polar surface area (TPSA) is 91.0 Å². The first-order valence-electron chi connectivity index (χ1n) is 10.7. The highest BCUT2D eigenvalue weighted by Gasteiger charge is 2.35. The van der Waals surface area contributed by atoms with Gasteiger partial charge in [-0.1, -0.05) is 18.2 Å². The fraction of sp³-hybridized carbons (Fsp3) is 0.478. The Balaban J connectivity index is 1.59. The van der Waals surface area contributed by atoms with Crippen LogP contribution in [0.15, 0.2) is 36.4 Å². The molecule has 0 amide bonds. The zero-order valence-electron chi connectivity index (χ0n) is 18.1. The summed E-state index contributed by atoms with van der Waals surface area (Å²) in [5, 5.41) is 9.45. The highest BCUT2D eigenvalue weighted by molar-refractivity contribution is 7.17. The predicted octanol–water partition coefficient (Wildman–Crippen LogP) is 4.50. The van der Waals surface area contributed by atoms with Gasteiger partial charge in [-0.3, -0.25) is 4.52 Å². The van der Waals surface area contributed by atoms with E-state index in [2.05, 4.69) is 6.07 Å². The zero-order chi connectivity index (χ0) is 23.9. The molecule has 6 nitrogen and oxygen atoms in total. The molecule has 3 rings (SSSR count). The summed E-state index contributed by atoms with van der Waals surface area (Å²) >= 11 is 0. The number of benzene rings is 2. The fourth-order valence-corrected chi connectivity index (χ4v) is 3.99. The molecule has 0 aromatic heterocycles. The van der Waals surface area contributed by atoms with Crippen LogP contribution in [0, 0.1) is 0 Å². The van der Waals surface area contributed by atoms with Gasteiger partial charge in [0.05, 0.1) is 37.5 Å². The van der Waals surface area contributed by atoms with Gasteiger partial charge in [0.2, 0.25) is 0 Å². The third-order valence-electron chi connectivity index (χ3n) is 5.60. The van der Waals surface area contributed by atoms with Crippen LogP contribution >= 0.6 is 8.69 Å². The Kier molecular flexibility index (Phi) is 8.70. The van der Waals surface area contributed by atoms with Crippen molar-refractivity contribution in [1.29, 1.82) is 0 Å². The van der Waals surface area contributed by atoms with Gasteiger partial charge >= 0.3 is 14.9 Å². The lowest BCUT2D eigenvalue weighted by molar-refractivity contribution is -0.139. The summed E-state index contributed by atoms with van der Waals surface area (Å²) in [4.78, 5) is 0. The van der Waals surface area contributed by atoms with Gasteiger partial charge in [-0.2, -0.15) is 13.2 Å². The molecule has 0 saturated heterocycles. The van der Waals surface area contributed by atoms with Crippen molar-refractivity contribution in [3.8, 4) is 11.5 Å². The molecule has 0 saturated carbocycles. The molecule has 3 N–H and O–H groups in total. The second-order valence-corrected chi connectivity index (χ2v) is 8.60. The van der Waals surface area contributed by atoms with Gasteiger partial charge in [0.1, 0.15) is 11.5 Å². The Labute approximate surface area is 192 Å². The van der Waals surface area contributed by atoms with Crippen LogP contribution in [-0.2, 0) is 34.5 Å². The van der Waals surface area contributed by atoms with Crippen molar-refractivity contribution < 1.29 is 36.8 Å². The summed E-state index contributed by atoms with van der Waals surface area (Å²) in [7, 11) is -0.576. The smallest absolute Gasteiger partial charge is 0.419 e. The number of ether oxygens (including phenoxy) is 2. The number of aliphatic hydroxyl groups excluding tert-OH is 1. The lowest BCUT2D eigenvalue weighted by Crippen LogP contribution is -2.47. The summed E-state index contributed by atoms with van der Waals surface area (Å²) in [6.45, 7) is 0.197. The highest BCUT2D eigenvalue weighted by atomic mass is 31.1. The Morgan fingerprint density at radius 3 is 2.61 bits per heavy atom. The first-order valence-corrected chi connectivity index (χ1v) is 11.4. The zero-order valence-corrected chi connectivity index (χ0v) is 19.0. The van der Waals surface area contributed by atoms with Gasteiger partial charge < -0.3 is 20.3 Å². The van der Waals surface area contributed by atoms with Gasteiger partial charge in [0.25, 0.3) is 0 Å². The van der Waals surface area contributed by atoms with Crippen LogP contribution in [0.2, 0.25) is 0 Å². The van der Waals surface area contributed by atoms with E-state index in [1.807, 2.05) is 12.1 Å². The Morgan fingerprint density at radius 2 is 1.88 bits per heavy atom. The Bertz CT molecular complexity index is 956. The molecular weight excluding hydrogens is 458 g/mol. The minimum Gasteiger partial charge on any atom is -0.493 e. The Morgan fingerprint density at radius 1 is 1.12 bits per heavy atom. The maximum absolute atomic E-state index is 13.6. The van der Waals surface area contributed by atoms with Crippen LogP contribution in [0.1, 0.15) is 35.1 Å². The van der Waals surface area contributed by atoms with E-state index in [0.717, 1.165) is 29.4 Å². The summed E-state index contributed by atoms with van der Waals surface area (Å²) in [5.74, 6) is 0.677. The molecular formula is C23H27F3NO5P. The maximum Gasteiger partial charge on any atom is 0.419 e. The maximum atomic E-state index is 13.6. The van der Waals surface area contributed by atoms with Crippen LogP contribution < -0.4 is 15.2 Å². The molecule has 1 heterocycles. The summed E-state index contributed by atoms with van der Waals surface area (Å²) in [6.07, 6.45) is -2.10. The van der Waals surface area contributed by atoms with Crippen molar-refractivity contribution in [2.75, 3.05) is 26.4 Å². The predicted molar refractivity (Wildman–Crippen MR) is 117 cm³/mol. The number of alkyl halides is 3. The molecule has 0 spiro atoms. The fourth-order valence-electron chi connectivity index (χ4n) is 3.68. The van der Waals surface area contributed by atoms with E-state index in [9.17, 15) is 22.8 Å². The third-order valence-corrected chi connectivity index (χ3v) is 5.84. The molecule has 0 bridgehead atoms. The standard InChI is InChI=1S/C23H27F3NO5P/c24-23(25,26)19-13-17(7-9-22(27,14-28)15-32-33-29)4-6-21(19)30-10-1-2-16-3-5-20-18(12-16)8-11-31-20/h3-6,12-13,28H,1-2,7-11,14-15,27H2. The molecule has 0 radical (unpaired) electrons. The molecule has 2 aromatic rings. The van der Waals surface area contributed by atoms with Gasteiger partial charge in [-0.15, -0.1) is 0 Å². The largest absolute Gasteiger partial charge is 0.493 e. The molecule has 2 aromatic carbocycles. The summed E-state index contributed by atoms with van der Waals surface area (Å²) < 4.78 is 67.0. The van der Waals surface area contributed by atoms with E-state index in [1.54, 1.807) is 6.07 Å². The second-order valence-electron chi connectivity index (χ2n) is 8.19. The van der Waals surface area contributed by atoms with Gasteiger partial charge in [-0.05, 0) is 60.6 Å². The minimum absolute atomic E-state index is 0.151. The number of aliphatic hydroxyl groups is 1. The van der Waals surface area contributed by atoms with Crippen molar-refractivity contribution in [1.82, 2.24) is 0 Å². The van der Waals surface area contributed by atoms with Gasteiger partial charge in [-0.25, -0.2) is 4.57 Å². The van der Waals surface area contributed by atoms with Crippen LogP contribution in [0.3, 0.4) is 0 Å². The van der Waals surface area contributed by atoms with Crippen molar-refractivity contribution in [2.45, 2.75) is 43.8 Å². The molecule has 10 heteroatoms. The molecule has 1 aliphatic rings. The number of hydrogen-bond acceptors (Lipinski definition) is 6. The van der Waals surface area contributed by atoms with Crippen molar-refractivity contribution >= 4 is 8.69 Å². The van der Waals surface area contributed by atoms with E-state index >= 15 is 0 Å². The quantitative estimate of drug-likeness (QED) is 0.340. The molecule has 1 aliphatic heterocycles.